The number of pyridine rings is 1. The quantitative estimate of drug-likeness (QED) is 0.378. The lowest BCUT2D eigenvalue weighted by Gasteiger charge is -2.39. The molecule has 0 bridgehead atoms. The summed E-state index contributed by atoms with van der Waals surface area (Å²) in [6, 6.07) is 7.95. The molecule has 2 aromatic heterocycles. The molecule has 5 rings (SSSR count). The molecular weight excluding hydrogens is 522 g/mol. The van der Waals surface area contributed by atoms with Gasteiger partial charge >= 0.3 is 5.97 Å². The zero-order valence-corrected chi connectivity index (χ0v) is 25.3. The highest BCUT2D eigenvalue weighted by Crippen LogP contribution is 2.42. The average Bonchev–Trinajstić information content (AvgIpc) is 3.62. The van der Waals surface area contributed by atoms with Gasteiger partial charge in [-0.3, -0.25) is 4.79 Å². The highest BCUT2D eigenvalue weighted by Gasteiger charge is 2.38. The molecule has 3 fully saturated rings. The van der Waals surface area contributed by atoms with Crippen LogP contribution in [0.1, 0.15) is 106 Å². The largest absolute Gasteiger partial charge is 0.477 e. The molecule has 0 aromatic carbocycles. The van der Waals surface area contributed by atoms with E-state index in [0.717, 1.165) is 75.2 Å². The van der Waals surface area contributed by atoms with Crippen molar-refractivity contribution in [3.63, 3.8) is 0 Å². The number of hydrogen-bond donors (Lipinski definition) is 1. The molecule has 2 aromatic rings. The van der Waals surface area contributed by atoms with E-state index in [1.807, 2.05) is 23.1 Å². The third-order valence-corrected chi connectivity index (χ3v) is 10.5. The van der Waals surface area contributed by atoms with Crippen LogP contribution in [0.3, 0.4) is 0 Å². The summed E-state index contributed by atoms with van der Waals surface area (Å²) in [6.07, 6.45) is 9.50. The first-order valence-electron chi connectivity index (χ1n) is 15.2. The maximum absolute atomic E-state index is 14.2. The summed E-state index contributed by atoms with van der Waals surface area (Å²) < 4.78 is 6.36. The van der Waals surface area contributed by atoms with Crippen molar-refractivity contribution >= 4 is 34.7 Å². The van der Waals surface area contributed by atoms with Crippen molar-refractivity contribution in [2.24, 2.45) is 11.8 Å². The number of amides is 1. The van der Waals surface area contributed by atoms with E-state index in [0.29, 0.717) is 17.5 Å². The van der Waals surface area contributed by atoms with Crippen LogP contribution >= 0.6 is 11.3 Å². The second kappa shape index (κ2) is 12.1. The van der Waals surface area contributed by atoms with Gasteiger partial charge < -0.3 is 19.6 Å². The Morgan fingerprint density at radius 2 is 1.70 bits per heavy atom. The number of aromatic nitrogens is 1. The van der Waals surface area contributed by atoms with Gasteiger partial charge in [-0.1, -0.05) is 33.8 Å². The maximum Gasteiger partial charge on any atom is 0.348 e. The summed E-state index contributed by atoms with van der Waals surface area (Å²) in [4.78, 5) is 36.8. The summed E-state index contributed by atoms with van der Waals surface area (Å²) in [6.45, 7) is 10.6. The number of aromatic carboxylic acids is 1. The van der Waals surface area contributed by atoms with E-state index in [4.69, 9.17) is 9.72 Å². The molecule has 0 radical (unpaired) electrons. The summed E-state index contributed by atoms with van der Waals surface area (Å²) in [5.74, 6) is 1.41. The van der Waals surface area contributed by atoms with Crippen LogP contribution in [0.15, 0.2) is 24.3 Å². The molecule has 1 saturated heterocycles. The number of thiophene rings is 1. The molecule has 2 saturated carbocycles. The van der Waals surface area contributed by atoms with Crippen LogP contribution in [0, 0.1) is 11.8 Å². The van der Waals surface area contributed by atoms with Gasteiger partial charge in [-0.05, 0) is 87.7 Å². The molecule has 7 nitrogen and oxygen atoms in total. The third-order valence-electron chi connectivity index (χ3n) is 8.94. The molecule has 1 amide bonds. The number of anilines is 2. The van der Waals surface area contributed by atoms with E-state index in [2.05, 4.69) is 38.7 Å². The van der Waals surface area contributed by atoms with Gasteiger partial charge in [-0.15, -0.1) is 11.3 Å². The fourth-order valence-corrected chi connectivity index (χ4v) is 7.51. The number of carboxylic acids is 1. The molecule has 1 aliphatic heterocycles. The van der Waals surface area contributed by atoms with E-state index in [-0.39, 0.29) is 34.3 Å². The Morgan fingerprint density at radius 3 is 2.33 bits per heavy atom. The summed E-state index contributed by atoms with van der Waals surface area (Å²) in [7, 11) is 0. The molecule has 8 heteroatoms. The predicted molar refractivity (Wildman–Crippen MR) is 161 cm³/mol. The third kappa shape index (κ3) is 6.48. The van der Waals surface area contributed by atoms with E-state index in [1.54, 1.807) is 0 Å². The molecule has 40 heavy (non-hydrogen) atoms. The minimum Gasteiger partial charge on any atom is -0.477 e. The van der Waals surface area contributed by atoms with Crippen LogP contribution in [0.25, 0.3) is 0 Å². The first kappa shape index (κ1) is 28.9. The van der Waals surface area contributed by atoms with Crippen LogP contribution in [-0.2, 0) is 10.2 Å². The lowest BCUT2D eigenvalue weighted by molar-refractivity contribution is -0.124. The number of carbonyl (C=O) groups excluding carboxylic acids is 1. The zero-order valence-electron chi connectivity index (χ0n) is 24.5. The number of nitrogens with zero attached hydrogens (tertiary/aromatic N) is 3. The molecule has 0 spiro atoms. The highest BCUT2D eigenvalue weighted by molar-refractivity contribution is 7.14. The Bertz CT molecular complexity index is 1180. The van der Waals surface area contributed by atoms with Crippen molar-refractivity contribution in [1.29, 1.82) is 0 Å². The van der Waals surface area contributed by atoms with Gasteiger partial charge in [0.1, 0.15) is 16.8 Å². The minimum absolute atomic E-state index is 0.0314. The molecule has 1 N–H and O–H groups in total. The fraction of sp³-hybridized carbons (Fsp3) is 0.656. The van der Waals surface area contributed by atoms with Crippen molar-refractivity contribution < 1.29 is 19.4 Å². The maximum atomic E-state index is 14.2. The lowest BCUT2D eigenvalue weighted by Crippen LogP contribution is -2.47. The standard InChI is InChI=1S/C32H45N3O4S/c1-21-10-12-22(13-11-21)30(36)35(25-20-26(32(2,3)4)40-29(25)31(37)38)23-14-16-24(17-15-23)39-28-9-7-8-27(33-28)34-18-5-6-19-34/h7-9,20-24H,5-6,10-19H2,1-4H3,(H,37,38). The van der Waals surface area contributed by atoms with Crippen molar-refractivity contribution in [2.75, 3.05) is 22.9 Å². The van der Waals surface area contributed by atoms with Gasteiger partial charge in [0.05, 0.1) is 5.69 Å². The number of ether oxygens (including phenoxy) is 1. The Kier molecular flexibility index (Phi) is 8.74. The molecule has 3 heterocycles. The van der Waals surface area contributed by atoms with Gasteiger partial charge in [0.2, 0.25) is 11.8 Å². The summed E-state index contributed by atoms with van der Waals surface area (Å²) >= 11 is 1.31. The molecule has 3 aliphatic rings. The van der Waals surface area contributed by atoms with Crippen LogP contribution in [0.5, 0.6) is 5.88 Å². The van der Waals surface area contributed by atoms with E-state index in [9.17, 15) is 14.7 Å². The van der Waals surface area contributed by atoms with Crippen LogP contribution in [0.2, 0.25) is 0 Å². The predicted octanol–water partition coefficient (Wildman–Crippen LogP) is 7.29. The number of hydrogen-bond acceptors (Lipinski definition) is 6. The number of rotatable bonds is 7. The van der Waals surface area contributed by atoms with Crippen molar-refractivity contribution in [3.05, 3.63) is 34.0 Å². The second-order valence-corrected chi connectivity index (χ2v) is 14.2. The highest BCUT2D eigenvalue weighted by atomic mass is 32.1. The molecule has 2 aliphatic carbocycles. The molecule has 0 unspecified atom stereocenters. The monoisotopic (exact) mass is 567 g/mol. The Morgan fingerprint density at radius 1 is 1.02 bits per heavy atom. The first-order chi connectivity index (χ1) is 19.1. The fourth-order valence-electron chi connectivity index (χ4n) is 6.47. The van der Waals surface area contributed by atoms with Crippen molar-refractivity contribution in [1.82, 2.24) is 4.98 Å². The van der Waals surface area contributed by atoms with Gasteiger partial charge in [0, 0.05) is 36.0 Å². The molecular formula is C32H45N3O4S. The van der Waals surface area contributed by atoms with Gasteiger partial charge in [0.15, 0.2) is 0 Å². The average molecular weight is 568 g/mol. The SMILES string of the molecule is CC1CCC(C(=O)N(c2cc(C(C)(C)C)sc2C(=O)O)C2CCC(Oc3cccc(N4CCCC4)n3)CC2)CC1. The van der Waals surface area contributed by atoms with Gasteiger partial charge in [0.25, 0.3) is 0 Å². The zero-order chi connectivity index (χ0) is 28.4. The van der Waals surface area contributed by atoms with Crippen LogP contribution in [0.4, 0.5) is 11.5 Å². The second-order valence-electron chi connectivity index (χ2n) is 13.1. The smallest absolute Gasteiger partial charge is 0.348 e. The van der Waals surface area contributed by atoms with E-state index >= 15 is 0 Å². The first-order valence-corrected chi connectivity index (χ1v) is 16.0. The number of carboxylic acid groups (broad SMARTS) is 1. The van der Waals surface area contributed by atoms with Gasteiger partial charge in [-0.2, -0.15) is 4.98 Å². The molecule has 0 atom stereocenters. The Hall–Kier alpha value is -2.61. The Labute approximate surface area is 242 Å². The molecule has 218 valence electrons. The normalized spacial score (nSPS) is 25.6. The topological polar surface area (TPSA) is 83.0 Å². The minimum atomic E-state index is -0.952. The van der Waals surface area contributed by atoms with E-state index < -0.39 is 5.97 Å². The van der Waals surface area contributed by atoms with Crippen molar-refractivity contribution in [2.45, 2.75) is 109 Å². The van der Waals surface area contributed by atoms with Gasteiger partial charge in [-0.25, -0.2) is 4.79 Å². The van der Waals surface area contributed by atoms with Crippen LogP contribution < -0.4 is 14.5 Å². The lowest BCUT2D eigenvalue weighted by atomic mass is 9.81. The van der Waals surface area contributed by atoms with E-state index in [1.165, 1.54) is 24.2 Å². The summed E-state index contributed by atoms with van der Waals surface area (Å²) in [5.41, 5.74) is 0.403. The van der Waals surface area contributed by atoms with Crippen molar-refractivity contribution in [3.8, 4) is 5.88 Å². The number of carbonyl (C=O) groups is 2. The Balaban J connectivity index is 1.34. The van der Waals surface area contributed by atoms with Crippen LogP contribution in [-0.4, -0.2) is 47.2 Å². The summed E-state index contributed by atoms with van der Waals surface area (Å²) in [5, 5.41) is 10.2.